The number of sulfonamides is 1. The number of anilines is 1. The fourth-order valence-corrected chi connectivity index (χ4v) is 4.09. The largest absolute Gasteiger partial charge is 0.494 e. The standard InChI is InChI=1S/C18H20N2O6S/c1-2-24-14-5-3-13(4-6-14)20(12-18(19)21)27(22,23)15-7-8-16-17(11-15)26-10-9-25-16/h3-8,11H,2,9-10,12H2,1H3,(H2,19,21). The third kappa shape index (κ3) is 4.08. The van der Waals surface area contributed by atoms with Crippen molar-refractivity contribution in [2.75, 3.05) is 30.7 Å². The first-order valence-corrected chi connectivity index (χ1v) is 9.79. The lowest BCUT2D eigenvalue weighted by molar-refractivity contribution is -0.116. The summed E-state index contributed by atoms with van der Waals surface area (Å²) in [7, 11) is -4.05. The van der Waals surface area contributed by atoms with E-state index in [-0.39, 0.29) is 4.90 Å². The van der Waals surface area contributed by atoms with Crippen LogP contribution >= 0.6 is 0 Å². The number of amides is 1. The Morgan fingerprint density at radius 1 is 1.11 bits per heavy atom. The van der Waals surface area contributed by atoms with Gasteiger partial charge in [0.1, 0.15) is 25.5 Å². The van der Waals surface area contributed by atoms with Crippen molar-refractivity contribution in [1.29, 1.82) is 0 Å². The minimum absolute atomic E-state index is 0.0260. The van der Waals surface area contributed by atoms with Crippen LogP contribution < -0.4 is 24.2 Å². The fourth-order valence-electron chi connectivity index (χ4n) is 2.64. The van der Waals surface area contributed by atoms with Crippen LogP contribution in [0.25, 0.3) is 0 Å². The summed E-state index contributed by atoms with van der Waals surface area (Å²) in [6.45, 7) is 2.57. The number of primary amides is 1. The normalized spacial score (nSPS) is 13.1. The average Bonchev–Trinajstić information content (AvgIpc) is 2.66. The Hall–Kier alpha value is -2.94. The molecule has 0 radical (unpaired) electrons. The zero-order valence-electron chi connectivity index (χ0n) is 14.8. The van der Waals surface area contributed by atoms with Crippen LogP contribution in [0.1, 0.15) is 6.92 Å². The molecule has 0 aromatic heterocycles. The van der Waals surface area contributed by atoms with E-state index in [4.69, 9.17) is 19.9 Å². The van der Waals surface area contributed by atoms with Gasteiger partial charge in [0.25, 0.3) is 10.0 Å². The molecule has 2 aromatic rings. The summed E-state index contributed by atoms with van der Waals surface area (Å²) < 4.78 is 43.5. The van der Waals surface area contributed by atoms with E-state index in [0.717, 1.165) is 4.31 Å². The number of hydrogen-bond acceptors (Lipinski definition) is 6. The average molecular weight is 392 g/mol. The lowest BCUT2D eigenvalue weighted by atomic mass is 10.3. The number of nitrogens with zero attached hydrogens (tertiary/aromatic N) is 1. The van der Waals surface area contributed by atoms with Gasteiger partial charge in [-0.15, -0.1) is 0 Å². The lowest BCUT2D eigenvalue weighted by Crippen LogP contribution is -2.38. The highest BCUT2D eigenvalue weighted by atomic mass is 32.2. The number of ether oxygens (including phenoxy) is 3. The molecule has 0 saturated heterocycles. The number of benzene rings is 2. The van der Waals surface area contributed by atoms with Crippen molar-refractivity contribution in [2.45, 2.75) is 11.8 Å². The van der Waals surface area contributed by atoms with Crippen LogP contribution in [0.4, 0.5) is 5.69 Å². The summed E-state index contributed by atoms with van der Waals surface area (Å²) in [4.78, 5) is 11.5. The third-order valence-corrected chi connectivity index (χ3v) is 5.61. The van der Waals surface area contributed by atoms with Gasteiger partial charge >= 0.3 is 0 Å². The van der Waals surface area contributed by atoms with Crippen LogP contribution in [-0.2, 0) is 14.8 Å². The van der Waals surface area contributed by atoms with Gasteiger partial charge in [-0.3, -0.25) is 9.10 Å². The molecule has 3 rings (SSSR count). The van der Waals surface area contributed by atoms with Crippen LogP contribution in [0.15, 0.2) is 47.4 Å². The molecule has 0 spiro atoms. The Bertz CT molecular complexity index is 927. The van der Waals surface area contributed by atoms with Gasteiger partial charge in [-0.1, -0.05) is 0 Å². The van der Waals surface area contributed by atoms with Crippen molar-refractivity contribution in [2.24, 2.45) is 5.73 Å². The molecule has 1 heterocycles. The van der Waals surface area contributed by atoms with Gasteiger partial charge in [0, 0.05) is 6.07 Å². The minimum Gasteiger partial charge on any atom is -0.494 e. The molecule has 27 heavy (non-hydrogen) atoms. The topological polar surface area (TPSA) is 108 Å². The van der Waals surface area contributed by atoms with Gasteiger partial charge in [0.15, 0.2) is 11.5 Å². The minimum atomic E-state index is -4.05. The molecule has 2 aromatic carbocycles. The predicted octanol–water partition coefficient (Wildman–Crippen LogP) is 1.54. The molecule has 0 aliphatic carbocycles. The maximum absolute atomic E-state index is 13.2. The number of nitrogens with two attached hydrogens (primary N) is 1. The van der Waals surface area contributed by atoms with Crippen molar-refractivity contribution in [3.8, 4) is 17.2 Å². The third-order valence-electron chi connectivity index (χ3n) is 3.84. The Balaban J connectivity index is 1.99. The highest BCUT2D eigenvalue weighted by Crippen LogP contribution is 2.34. The summed E-state index contributed by atoms with van der Waals surface area (Å²) >= 11 is 0. The van der Waals surface area contributed by atoms with Gasteiger partial charge in [0.2, 0.25) is 5.91 Å². The van der Waals surface area contributed by atoms with Crippen LogP contribution in [0.3, 0.4) is 0 Å². The van der Waals surface area contributed by atoms with E-state index < -0.39 is 22.5 Å². The van der Waals surface area contributed by atoms with E-state index in [1.807, 2.05) is 6.92 Å². The summed E-state index contributed by atoms with van der Waals surface area (Å²) in [5.74, 6) is 0.637. The molecule has 8 nitrogen and oxygen atoms in total. The molecule has 1 aliphatic heterocycles. The van der Waals surface area contributed by atoms with Gasteiger partial charge < -0.3 is 19.9 Å². The monoisotopic (exact) mass is 392 g/mol. The lowest BCUT2D eigenvalue weighted by Gasteiger charge is -2.24. The highest BCUT2D eigenvalue weighted by Gasteiger charge is 2.28. The van der Waals surface area contributed by atoms with Crippen molar-refractivity contribution in [3.63, 3.8) is 0 Å². The maximum atomic E-state index is 13.2. The molecule has 2 N–H and O–H groups in total. The Kier molecular flexibility index (Phi) is 5.41. The maximum Gasteiger partial charge on any atom is 0.264 e. The molecule has 144 valence electrons. The molecular formula is C18H20N2O6S. The van der Waals surface area contributed by atoms with Gasteiger partial charge in [-0.2, -0.15) is 0 Å². The summed E-state index contributed by atoms with van der Waals surface area (Å²) in [5.41, 5.74) is 5.58. The molecular weight excluding hydrogens is 372 g/mol. The highest BCUT2D eigenvalue weighted by molar-refractivity contribution is 7.92. The smallest absolute Gasteiger partial charge is 0.264 e. The van der Waals surface area contributed by atoms with E-state index in [2.05, 4.69) is 0 Å². The van der Waals surface area contributed by atoms with E-state index >= 15 is 0 Å². The van der Waals surface area contributed by atoms with E-state index in [1.165, 1.54) is 18.2 Å². The summed E-state index contributed by atoms with van der Waals surface area (Å²) in [6, 6.07) is 10.7. The van der Waals surface area contributed by atoms with Crippen LogP contribution in [-0.4, -0.2) is 40.7 Å². The van der Waals surface area contributed by atoms with Crippen molar-refractivity contribution in [1.82, 2.24) is 0 Å². The second-order valence-corrected chi connectivity index (χ2v) is 7.57. The van der Waals surface area contributed by atoms with Gasteiger partial charge in [0.05, 0.1) is 17.2 Å². The second-order valence-electron chi connectivity index (χ2n) is 5.71. The fraction of sp³-hybridized carbons (Fsp3) is 0.278. The Morgan fingerprint density at radius 2 is 1.78 bits per heavy atom. The first-order chi connectivity index (χ1) is 12.9. The Labute approximate surface area is 157 Å². The first-order valence-electron chi connectivity index (χ1n) is 8.35. The molecule has 0 unspecified atom stereocenters. The number of carbonyl (C=O) groups excluding carboxylic acids is 1. The molecule has 0 saturated carbocycles. The number of carbonyl (C=O) groups is 1. The zero-order valence-corrected chi connectivity index (χ0v) is 15.6. The summed E-state index contributed by atoms with van der Waals surface area (Å²) in [6.07, 6.45) is 0. The predicted molar refractivity (Wildman–Crippen MR) is 98.8 cm³/mol. The van der Waals surface area contributed by atoms with Crippen LogP contribution in [0.5, 0.6) is 17.2 Å². The van der Waals surface area contributed by atoms with Gasteiger partial charge in [-0.25, -0.2) is 8.42 Å². The molecule has 1 aliphatic rings. The van der Waals surface area contributed by atoms with Crippen molar-refractivity contribution in [3.05, 3.63) is 42.5 Å². The first kappa shape index (κ1) is 18.8. The molecule has 1 amide bonds. The number of rotatable bonds is 7. The second kappa shape index (κ2) is 7.75. The summed E-state index contributed by atoms with van der Waals surface area (Å²) in [5, 5.41) is 0. The van der Waals surface area contributed by atoms with Crippen LogP contribution in [0, 0.1) is 0 Å². The molecule has 9 heteroatoms. The molecule has 0 atom stereocenters. The van der Waals surface area contributed by atoms with Gasteiger partial charge in [-0.05, 0) is 43.3 Å². The molecule has 0 fully saturated rings. The number of hydrogen-bond donors (Lipinski definition) is 1. The quantitative estimate of drug-likeness (QED) is 0.766. The van der Waals surface area contributed by atoms with E-state index in [1.54, 1.807) is 24.3 Å². The zero-order chi connectivity index (χ0) is 19.4. The molecule has 0 bridgehead atoms. The SMILES string of the molecule is CCOc1ccc(N(CC(N)=O)S(=O)(=O)c2ccc3c(c2)OCCO3)cc1. The van der Waals surface area contributed by atoms with E-state index in [0.29, 0.717) is 42.8 Å². The van der Waals surface area contributed by atoms with Crippen LogP contribution in [0.2, 0.25) is 0 Å². The Morgan fingerprint density at radius 3 is 2.41 bits per heavy atom. The van der Waals surface area contributed by atoms with E-state index in [9.17, 15) is 13.2 Å². The van der Waals surface area contributed by atoms with Crippen molar-refractivity contribution < 1.29 is 27.4 Å². The van der Waals surface area contributed by atoms with Crippen molar-refractivity contribution >= 4 is 21.6 Å². The number of fused-ring (bicyclic) bond motifs is 1.